The Morgan fingerprint density at radius 3 is 2.58 bits per heavy atom. The first-order valence-electron chi connectivity index (χ1n) is 11.6. The summed E-state index contributed by atoms with van der Waals surface area (Å²) in [5.41, 5.74) is 7.54. The van der Waals surface area contributed by atoms with Crippen LogP contribution in [0.15, 0.2) is 67.4 Å². The molecule has 1 aliphatic rings. The van der Waals surface area contributed by atoms with Crippen LogP contribution < -0.4 is 5.32 Å². The molecule has 0 spiro atoms. The standard InChI is InChI=1S/C26H19N9O/c36-26(15-1-2-15)30-17-11-16(12-28-13-17)18-3-4-20-23(31-18)24(35-34-20)25-32-19-7-10-29-21(22(19)33-25)14-5-8-27-9-6-14/h3-13,15H,1-2H2,(H,30,36)(H,32,33)(H,34,35). The molecule has 0 radical (unpaired) electrons. The van der Waals surface area contributed by atoms with Crippen LogP contribution in [0.1, 0.15) is 12.8 Å². The minimum atomic E-state index is 0.0417. The van der Waals surface area contributed by atoms with E-state index in [0.717, 1.165) is 51.9 Å². The van der Waals surface area contributed by atoms with E-state index in [1.807, 2.05) is 36.4 Å². The highest BCUT2D eigenvalue weighted by molar-refractivity contribution is 5.96. The number of hydrogen-bond donors (Lipinski definition) is 3. The topological polar surface area (TPSA) is 138 Å². The minimum Gasteiger partial charge on any atom is -0.336 e. The van der Waals surface area contributed by atoms with Crippen molar-refractivity contribution in [1.82, 2.24) is 40.1 Å². The predicted octanol–water partition coefficient (Wildman–Crippen LogP) is 4.37. The van der Waals surface area contributed by atoms with Crippen molar-refractivity contribution in [2.24, 2.45) is 5.92 Å². The second-order valence-electron chi connectivity index (χ2n) is 8.77. The lowest BCUT2D eigenvalue weighted by Crippen LogP contribution is -2.13. The number of aromatic nitrogens is 8. The number of nitrogens with one attached hydrogen (secondary N) is 3. The smallest absolute Gasteiger partial charge is 0.227 e. The number of fused-ring (bicyclic) bond motifs is 2. The average molecular weight is 474 g/mol. The molecule has 1 saturated carbocycles. The first-order valence-corrected chi connectivity index (χ1v) is 11.6. The molecule has 6 heterocycles. The Bertz CT molecular complexity index is 1750. The van der Waals surface area contributed by atoms with Crippen molar-refractivity contribution in [1.29, 1.82) is 0 Å². The summed E-state index contributed by atoms with van der Waals surface area (Å²) in [6.45, 7) is 0. The first-order chi connectivity index (χ1) is 17.7. The van der Waals surface area contributed by atoms with Gasteiger partial charge in [0.1, 0.15) is 11.0 Å². The summed E-state index contributed by atoms with van der Waals surface area (Å²) >= 11 is 0. The molecule has 174 valence electrons. The van der Waals surface area contributed by atoms with Crippen molar-refractivity contribution < 1.29 is 4.79 Å². The maximum atomic E-state index is 12.2. The van der Waals surface area contributed by atoms with Crippen molar-refractivity contribution in [2.45, 2.75) is 12.8 Å². The van der Waals surface area contributed by atoms with E-state index in [1.165, 1.54) is 0 Å². The molecule has 1 fully saturated rings. The molecule has 36 heavy (non-hydrogen) atoms. The quantitative estimate of drug-likeness (QED) is 0.338. The Balaban J connectivity index is 1.28. The molecule has 3 N–H and O–H groups in total. The summed E-state index contributed by atoms with van der Waals surface area (Å²) in [4.78, 5) is 38.2. The van der Waals surface area contributed by atoms with E-state index in [1.54, 1.807) is 31.0 Å². The van der Waals surface area contributed by atoms with Crippen molar-refractivity contribution in [3.8, 4) is 34.0 Å². The van der Waals surface area contributed by atoms with Crippen molar-refractivity contribution >= 4 is 33.7 Å². The molecule has 7 rings (SSSR count). The molecule has 1 amide bonds. The fourth-order valence-corrected chi connectivity index (χ4v) is 4.23. The Hall–Kier alpha value is -4.99. The lowest BCUT2D eigenvalue weighted by molar-refractivity contribution is -0.117. The second kappa shape index (κ2) is 8.05. The fraction of sp³-hybridized carbons (Fsp3) is 0.115. The van der Waals surface area contributed by atoms with E-state index in [-0.39, 0.29) is 11.8 Å². The lowest BCUT2D eigenvalue weighted by atomic mass is 10.1. The average Bonchev–Trinajstić information content (AvgIpc) is 3.55. The van der Waals surface area contributed by atoms with E-state index in [0.29, 0.717) is 22.7 Å². The molecule has 6 aromatic heterocycles. The van der Waals surface area contributed by atoms with Crippen molar-refractivity contribution in [2.75, 3.05) is 5.32 Å². The lowest BCUT2D eigenvalue weighted by Gasteiger charge is -2.06. The number of amides is 1. The fourth-order valence-electron chi connectivity index (χ4n) is 4.23. The van der Waals surface area contributed by atoms with Gasteiger partial charge in [0.25, 0.3) is 0 Å². The van der Waals surface area contributed by atoms with Crippen LogP contribution in [0.25, 0.3) is 56.1 Å². The Kier molecular flexibility index (Phi) is 4.56. The van der Waals surface area contributed by atoms with Gasteiger partial charge in [-0.05, 0) is 49.2 Å². The highest BCUT2D eigenvalue weighted by atomic mass is 16.2. The SMILES string of the molecule is O=C(Nc1cncc(-c2ccc3[nH]nc(-c4nc5c(-c6ccncc6)nccc5[nH]4)c3n2)c1)C1CC1. The summed E-state index contributed by atoms with van der Waals surface area (Å²) in [5, 5.41) is 10.5. The first kappa shape index (κ1) is 20.4. The molecule has 10 heteroatoms. The molecule has 0 aromatic carbocycles. The predicted molar refractivity (Wildman–Crippen MR) is 135 cm³/mol. The van der Waals surface area contributed by atoms with E-state index >= 15 is 0 Å². The minimum absolute atomic E-state index is 0.0417. The van der Waals surface area contributed by atoms with E-state index < -0.39 is 0 Å². The molecule has 0 aliphatic heterocycles. The van der Waals surface area contributed by atoms with Crippen LogP contribution in [0, 0.1) is 5.92 Å². The molecule has 1 aliphatic carbocycles. The van der Waals surface area contributed by atoms with E-state index in [4.69, 9.17) is 9.97 Å². The number of hydrogen-bond acceptors (Lipinski definition) is 7. The highest BCUT2D eigenvalue weighted by Crippen LogP contribution is 2.32. The van der Waals surface area contributed by atoms with Gasteiger partial charge in [0.15, 0.2) is 11.5 Å². The van der Waals surface area contributed by atoms with Crippen LogP contribution in [0.5, 0.6) is 0 Å². The van der Waals surface area contributed by atoms with Gasteiger partial charge in [0.2, 0.25) is 5.91 Å². The monoisotopic (exact) mass is 473 g/mol. The van der Waals surface area contributed by atoms with Crippen LogP contribution in [0.2, 0.25) is 0 Å². The molecule has 0 bridgehead atoms. The van der Waals surface area contributed by atoms with Crippen LogP contribution >= 0.6 is 0 Å². The molecule has 10 nitrogen and oxygen atoms in total. The maximum absolute atomic E-state index is 12.2. The summed E-state index contributed by atoms with van der Waals surface area (Å²) in [5.74, 6) is 0.752. The molecule has 6 aromatic rings. The van der Waals surface area contributed by atoms with E-state index in [9.17, 15) is 4.79 Å². The van der Waals surface area contributed by atoms with Gasteiger partial charge >= 0.3 is 0 Å². The third-order valence-corrected chi connectivity index (χ3v) is 6.24. The number of rotatable bonds is 5. The van der Waals surface area contributed by atoms with Crippen molar-refractivity contribution in [3.05, 3.63) is 67.4 Å². The summed E-state index contributed by atoms with van der Waals surface area (Å²) in [7, 11) is 0. The number of anilines is 1. The number of pyridine rings is 4. The van der Waals surface area contributed by atoms with Gasteiger partial charge in [-0.2, -0.15) is 5.10 Å². The van der Waals surface area contributed by atoms with Gasteiger partial charge in [0.05, 0.1) is 34.3 Å². The molecule has 0 saturated heterocycles. The Morgan fingerprint density at radius 2 is 1.72 bits per heavy atom. The van der Waals surface area contributed by atoms with Gasteiger partial charge < -0.3 is 10.3 Å². The number of nitrogens with zero attached hydrogens (tertiary/aromatic N) is 6. The zero-order chi connectivity index (χ0) is 24.1. The van der Waals surface area contributed by atoms with Crippen LogP contribution in [-0.2, 0) is 4.79 Å². The summed E-state index contributed by atoms with van der Waals surface area (Å²) in [6.07, 6.45) is 10.5. The largest absolute Gasteiger partial charge is 0.336 e. The van der Waals surface area contributed by atoms with Gasteiger partial charge in [-0.15, -0.1) is 0 Å². The van der Waals surface area contributed by atoms with Crippen LogP contribution in [0.4, 0.5) is 5.69 Å². The molecule has 0 atom stereocenters. The Labute approximate surface area is 204 Å². The van der Waals surface area contributed by atoms with Crippen LogP contribution in [-0.4, -0.2) is 46.0 Å². The zero-order valence-electron chi connectivity index (χ0n) is 18.9. The van der Waals surface area contributed by atoms with Gasteiger partial charge in [-0.3, -0.25) is 24.8 Å². The summed E-state index contributed by atoms with van der Waals surface area (Å²) in [6, 6.07) is 11.4. The third-order valence-electron chi connectivity index (χ3n) is 6.24. The normalized spacial score (nSPS) is 13.3. The van der Waals surface area contributed by atoms with Gasteiger partial charge in [0, 0.05) is 41.8 Å². The second-order valence-corrected chi connectivity index (χ2v) is 8.77. The number of carbonyl (C=O) groups is 1. The highest BCUT2D eigenvalue weighted by Gasteiger charge is 2.29. The number of H-pyrrole nitrogens is 2. The molecular formula is C26H19N9O. The summed E-state index contributed by atoms with van der Waals surface area (Å²) < 4.78 is 0. The maximum Gasteiger partial charge on any atom is 0.227 e. The van der Waals surface area contributed by atoms with Gasteiger partial charge in [-0.1, -0.05) is 0 Å². The molecular weight excluding hydrogens is 454 g/mol. The number of imidazole rings is 1. The molecule has 0 unspecified atom stereocenters. The zero-order valence-corrected chi connectivity index (χ0v) is 18.9. The van der Waals surface area contributed by atoms with Crippen LogP contribution in [0.3, 0.4) is 0 Å². The third kappa shape index (κ3) is 3.56. The van der Waals surface area contributed by atoms with Crippen molar-refractivity contribution in [3.63, 3.8) is 0 Å². The number of carbonyl (C=O) groups excluding carboxylic acids is 1. The van der Waals surface area contributed by atoms with E-state index in [2.05, 4.69) is 35.5 Å². The Morgan fingerprint density at radius 1 is 0.861 bits per heavy atom. The van der Waals surface area contributed by atoms with Gasteiger partial charge in [-0.25, -0.2) is 9.97 Å². The number of aromatic amines is 2.